The lowest BCUT2D eigenvalue weighted by atomic mass is 10.1. The molecule has 0 saturated heterocycles. The number of nitrogens with zero attached hydrogens (tertiary/aromatic N) is 6. The molecule has 180 valence electrons. The van der Waals surface area contributed by atoms with E-state index in [9.17, 15) is 27.2 Å². The van der Waals surface area contributed by atoms with E-state index in [1.165, 1.54) is 29.3 Å². The van der Waals surface area contributed by atoms with Gasteiger partial charge in [0.15, 0.2) is 0 Å². The monoisotopic (exact) mass is 486 g/mol. The van der Waals surface area contributed by atoms with E-state index in [1.54, 1.807) is 28.9 Å². The van der Waals surface area contributed by atoms with Gasteiger partial charge >= 0.3 is 6.18 Å². The number of hydrogen-bond donors (Lipinski definition) is 0. The van der Waals surface area contributed by atoms with Gasteiger partial charge in [0.2, 0.25) is 5.43 Å². The van der Waals surface area contributed by atoms with Gasteiger partial charge in [-0.3, -0.25) is 14.3 Å². The normalized spacial score (nSPS) is 13.8. The van der Waals surface area contributed by atoms with Crippen LogP contribution in [0.25, 0.3) is 10.9 Å². The summed E-state index contributed by atoms with van der Waals surface area (Å²) in [6.45, 7) is -1.03. The molecule has 5 rings (SSSR count). The number of fused-ring (bicyclic) bond motifs is 2. The number of alkyl halides is 3. The van der Waals surface area contributed by atoms with Crippen LogP contribution in [0.2, 0.25) is 0 Å². The molecule has 4 aromatic rings. The summed E-state index contributed by atoms with van der Waals surface area (Å²) in [4.78, 5) is 26.5. The Hall–Kier alpha value is -4.09. The number of para-hydroxylation sites is 1. The van der Waals surface area contributed by atoms with E-state index >= 15 is 0 Å². The van der Waals surface area contributed by atoms with Crippen LogP contribution in [0.5, 0.6) is 0 Å². The molecule has 2 aromatic carbocycles. The molecule has 1 amide bonds. The molecule has 1 aliphatic heterocycles. The minimum Gasteiger partial charge on any atom is -0.332 e. The molecule has 1 aliphatic rings. The number of amides is 1. The minimum absolute atomic E-state index is 0.0679. The van der Waals surface area contributed by atoms with Gasteiger partial charge in [0.05, 0.1) is 36.1 Å². The largest absolute Gasteiger partial charge is 0.408 e. The molecule has 35 heavy (non-hydrogen) atoms. The molecule has 0 fully saturated rings. The predicted octanol–water partition coefficient (Wildman–Crippen LogP) is 2.94. The number of halogens is 4. The lowest BCUT2D eigenvalue weighted by Crippen LogP contribution is -2.37. The molecule has 0 N–H and O–H groups in total. The van der Waals surface area contributed by atoms with Crippen molar-refractivity contribution in [1.82, 2.24) is 29.7 Å². The summed E-state index contributed by atoms with van der Waals surface area (Å²) < 4.78 is 55.2. The summed E-state index contributed by atoms with van der Waals surface area (Å²) in [7, 11) is 0. The summed E-state index contributed by atoms with van der Waals surface area (Å²) >= 11 is 0. The highest BCUT2D eigenvalue weighted by atomic mass is 19.4. The van der Waals surface area contributed by atoms with E-state index in [2.05, 4.69) is 15.4 Å². The van der Waals surface area contributed by atoms with Gasteiger partial charge in [0.1, 0.15) is 18.1 Å². The molecule has 0 unspecified atom stereocenters. The highest BCUT2D eigenvalue weighted by Crippen LogP contribution is 2.24. The molecule has 0 bridgehead atoms. The first-order chi connectivity index (χ1) is 16.7. The number of hydrogen-bond acceptors (Lipinski definition) is 5. The van der Waals surface area contributed by atoms with Crippen molar-refractivity contribution in [2.24, 2.45) is 0 Å². The van der Waals surface area contributed by atoms with Crippen LogP contribution < -0.4 is 5.43 Å². The van der Waals surface area contributed by atoms with Crippen LogP contribution in [0, 0.1) is 5.82 Å². The molecule has 12 heteroatoms. The number of carbonyl (C=O) groups excluding carboxylic acids is 1. The van der Waals surface area contributed by atoms with Crippen molar-refractivity contribution in [3.63, 3.8) is 0 Å². The zero-order valence-corrected chi connectivity index (χ0v) is 18.2. The highest BCUT2D eigenvalue weighted by Gasteiger charge is 2.33. The van der Waals surface area contributed by atoms with Gasteiger partial charge in [-0.25, -0.2) is 9.07 Å². The number of benzene rings is 2. The van der Waals surface area contributed by atoms with Crippen molar-refractivity contribution in [3.8, 4) is 0 Å². The van der Waals surface area contributed by atoms with E-state index in [4.69, 9.17) is 0 Å². The first kappa shape index (κ1) is 22.7. The van der Waals surface area contributed by atoms with Gasteiger partial charge in [-0.15, -0.1) is 5.10 Å². The van der Waals surface area contributed by atoms with Crippen molar-refractivity contribution in [3.05, 3.63) is 87.2 Å². The first-order valence-corrected chi connectivity index (χ1v) is 10.7. The Balaban J connectivity index is 1.39. The zero-order chi connectivity index (χ0) is 24.7. The topological polar surface area (TPSA) is 85.9 Å². The van der Waals surface area contributed by atoms with Crippen molar-refractivity contribution in [1.29, 1.82) is 0 Å². The fraction of sp³-hybridized carbons (Fsp3) is 0.261. The van der Waals surface area contributed by atoms with Crippen LogP contribution in [0.4, 0.5) is 17.6 Å². The lowest BCUT2D eigenvalue weighted by Gasteiger charge is -2.27. The maximum Gasteiger partial charge on any atom is 0.408 e. The van der Waals surface area contributed by atoms with Crippen LogP contribution in [0.15, 0.2) is 53.5 Å². The first-order valence-electron chi connectivity index (χ1n) is 10.7. The van der Waals surface area contributed by atoms with Crippen molar-refractivity contribution >= 4 is 16.8 Å². The van der Waals surface area contributed by atoms with E-state index in [0.29, 0.717) is 22.2 Å². The van der Waals surface area contributed by atoms with Gasteiger partial charge in [0.25, 0.3) is 5.91 Å². The lowest BCUT2D eigenvalue weighted by molar-refractivity contribution is -0.143. The second-order valence-corrected chi connectivity index (χ2v) is 8.23. The SMILES string of the molecule is O=C(c1cc(Cn2ncc(=O)c3ccccc32)ccc1F)N1CCc2c(nnn2CC(F)(F)F)C1. The Morgan fingerprint density at radius 2 is 1.89 bits per heavy atom. The van der Waals surface area contributed by atoms with Crippen LogP contribution in [-0.4, -0.2) is 48.3 Å². The Labute approximate surface area is 195 Å². The predicted molar refractivity (Wildman–Crippen MR) is 116 cm³/mol. The summed E-state index contributed by atoms with van der Waals surface area (Å²) in [5.74, 6) is -1.32. The molecular weight excluding hydrogens is 468 g/mol. The molecule has 3 heterocycles. The van der Waals surface area contributed by atoms with Crippen LogP contribution in [0.1, 0.15) is 27.3 Å². The quantitative estimate of drug-likeness (QED) is 0.414. The average Bonchev–Trinajstić information content (AvgIpc) is 3.22. The second-order valence-electron chi connectivity index (χ2n) is 8.23. The van der Waals surface area contributed by atoms with E-state index in [1.807, 2.05) is 0 Å². The van der Waals surface area contributed by atoms with Gasteiger partial charge in [0, 0.05) is 18.4 Å². The van der Waals surface area contributed by atoms with Crippen molar-refractivity contribution < 1.29 is 22.4 Å². The molecule has 8 nitrogen and oxygen atoms in total. The third-order valence-corrected chi connectivity index (χ3v) is 5.85. The summed E-state index contributed by atoms with van der Waals surface area (Å²) in [5.41, 5.74) is 1.38. The van der Waals surface area contributed by atoms with E-state index in [-0.39, 0.29) is 42.7 Å². The average molecular weight is 486 g/mol. The summed E-state index contributed by atoms with van der Waals surface area (Å²) in [5, 5.41) is 12.0. The van der Waals surface area contributed by atoms with Gasteiger partial charge in [-0.05, 0) is 29.8 Å². The Kier molecular flexibility index (Phi) is 5.58. The Morgan fingerprint density at radius 3 is 2.69 bits per heavy atom. The molecule has 0 atom stereocenters. The van der Waals surface area contributed by atoms with Crippen LogP contribution in [0.3, 0.4) is 0 Å². The molecule has 0 radical (unpaired) electrons. The maximum absolute atomic E-state index is 14.6. The molecule has 2 aromatic heterocycles. The van der Waals surface area contributed by atoms with Crippen LogP contribution >= 0.6 is 0 Å². The third kappa shape index (κ3) is 4.51. The fourth-order valence-electron chi connectivity index (χ4n) is 4.20. The van der Waals surface area contributed by atoms with Gasteiger partial charge < -0.3 is 4.90 Å². The standard InChI is InChI=1S/C23H18F4N6O2/c24-17-6-5-14(11-32-19-4-2-1-3-15(19)21(34)10-28-32)9-16(17)22(35)31-8-7-20-18(12-31)29-30-33(20)13-23(25,26)27/h1-6,9-10H,7-8,11-13H2. The number of aromatic nitrogens is 5. The number of rotatable bonds is 4. The Morgan fingerprint density at radius 1 is 1.09 bits per heavy atom. The summed E-state index contributed by atoms with van der Waals surface area (Å²) in [6.07, 6.45) is -3.11. The van der Waals surface area contributed by atoms with E-state index in [0.717, 1.165) is 4.68 Å². The Bertz CT molecular complexity index is 1490. The number of carbonyl (C=O) groups is 1. The van der Waals surface area contributed by atoms with Gasteiger partial charge in [-0.2, -0.15) is 18.3 Å². The molecular formula is C23H18F4N6O2. The highest BCUT2D eigenvalue weighted by molar-refractivity contribution is 5.94. The second kappa shape index (κ2) is 8.60. The van der Waals surface area contributed by atoms with Crippen LogP contribution in [-0.2, 0) is 26.1 Å². The maximum atomic E-state index is 14.6. The smallest absolute Gasteiger partial charge is 0.332 e. The fourth-order valence-corrected chi connectivity index (χ4v) is 4.20. The molecule has 0 aliphatic carbocycles. The molecule has 0 saturated carbocycles. The van der Waals surface area contributed by atoms with Crippen molar-refractivity contribution in [2.45, 2.75) is 32.2 Å². The zero-order valence-electron chi connectivity index (χ0n) is 18.2. The summed E-state index contributed by atoms with van der Waals surface area (Å²) in [6, 6.07) is 11.1. The minimum atomic E-state index is -4.44. The third-order valence-electron chi connectivity index (χ3n) is 5.85. The van der Waals surface area contributed by atoms with Gasteiger partial charge in [-0.1, -0.05) is 23.4 Å². The molecule has 0 spiro atoms. The van der Waals surface area contributed by atoms with E-state index < -0.39 is 24.4 Å². The van der Waals surface area contributed by atoms with Crippen molar-refractivity contribution in [2.75, 3.05) is 6.54 Å².